The van der Waals surface area contributed by atoms with Gasteiger partial charge in [-0.3, -0.25) is 5.32 Å². The van der Waals surface area contributed by atoms with Gasteiger partial charge in [-0.15, -0.1) is 0 Å². The number of carbonyl (C=O) groups excluding carboxylic acids is 1. The highest BCUT2D eigenvalue weighted by Gasteiger charge is 2.17. The molecule has 0 fully saturated rings. The summed E-state index contributed by atoms with van der Waals surface area (Å²) in [6.45, 7) is 5.45. The van der Waals surface area contributed by atoms with Crippen LogP contribution < -0.4 is 5.32 Å². The molecule has 0 unspecified atom stereocenters. The summed E-state index contributed by atoms with van der Waals surface area (Å²) in [7, 11) is -3.08. The quantitative estimate of drug-likeness (QED) is 0.901. The average molecular weight is 289 g/mol. The maximum absolute atomic E-state index is 11.6. The molecule has 1 N–H and O–H groups in total. The van der Waals surface area contributed by atoms with E-state index in [1.165, 1.54) is 10.9 Å². The third kappa shape index (κ3) is 6.23. The fourth-order valence-electron chi connectivity index (χ4n) is 1.28. The molecule has 0 aliphatic rings. The maximum atomic E-state index is 11.6. The Balaban J connectivity index is 2.65. The van der Waals surface area contributed by atoms with Crippen molar-refractivity contribution in [3.8, 4) is 0 Å². The SMILES string of the molecule is CC(C)(C)OC(=O)Nc1ccnn1CCS(C)(=O)=O. The van der Waals surface area contributed by atoms with Crippen LogP contribution in [0.25, 0.3) is 0 Å². The first-order valence-electron chi connectivity index (χ1n) is 5.76. The van der Waals surface area contributed by atoms with Gasteiger partial charge in [0.25, 0.3) is 0 Å². The molecule has 19 heavy (non-hydrogen) atoms. The fourth-order valence-corrected chi connectivity index (χ4v) is 1.78. The largest absolute Gasteiger partial charge is 0.444 e. The highest BCUT2D eigenvalue weighted by atomic mass is 32.2. The van der Waals surface area contributed by atoms with Crippen LogP contribution in [-0.2, 0) is 21.1 Å². The normalized spacial score (nSPS) is 12.2. The summed E-state index contributed by atoms with van der Waals surface area (Å²) in [5.41, 5.74) is -0.596. The highest BCUT2D eigenvalue weighted by Crippen LogP contribution is 2.11. The zero-order valence-corrected chi connectivity index (χ0v) is 12.3. The summed E-state index contributed by atoms with van der Waals surface area (Å²) in [6, 6.07) is 1.58. The Morgan fingerprint density at radius 3 is 2.63 bits per heavy atom. The smallest absolute Gasteiger partial charge is 0.413 e. The summed E-state index contributed by atoms with van der Waals surface area (Å²) in [5, 5.41) is 6.48. The zero-order valence-electron chi connectivity index (χ0n) is 11.5. The Hall–Kier alpha value is -1.57. The first kappa shape index (κ1) is 15.5. The van der Waals surface area contributed by atoms with Gasteiger partial charge in [-0.2, -0.15) is 5.10 Å². The number of hydrogen-bond donors (Lipinski definition) is 1. The number of sulfone groups is 1. The lowest BCUT2D eigenvalue weighted by Crippen LogP contribution is -2.28. The van der Waals surface area contributed by atoms with E-state index in [1.54, 1.807) is 26.8 Å². The van der Waals surface area contributed by atoms with Crippen molar-refractivity contribution in [2.24, 2.45) is 0 Å². The first-order chi connectivity index (χ1) is 8.57. The van der Waals surface area contributed by atoms with Crippen molar-refractivity contribution in [3.63, 3.8) is 0 Å². The monoisotopic (exact) mass is 289 g/mol. The van der Waals surface area contributed by atoms with Gasteiger partial charge in [-0.1, -0.05) is 0 Å². The Morgan fingerprint density at radius 1 is 1.47 bits per heavy atom. The number of anilines is 1. The van der Waals surface area contributed by atoms with Gasteiger partial charge in [0, 0.05) is 12.3 Å². The van der Waals surface area contributed by atoms with Gasteiger partial charge in [0.15, 0.2) is 0 Å². The highest BCUT2D eigenvalue weighted by molar-refractivity contribution is 7.90. The molecule has 0 aliphatic heterocycles. The van der Waals surface area contributed by atoms with Gasteiger partial charge in [-0.05, 0) is 20.8 Å². The Morgan fingerprint density at radius 2 is 2.11 bits per heavy atom. The van der Waals surface area contributed by atoms with E-state index in [9.17, 15) is 13.2 Å². The van der Waals surface area contributed by atoms with Crippen molar-refractivity contribution in [1.29, 1.82) is 0 Å². The molecule has 0 atom stereocenters. The topological polar surface area (TPSA) is 90.3 Å². The van der Waals surface area contributed by atoms with Crippen LogP contribution in [0.5, 0.6) is 0 Å². The lowest BCUT2D eigenvalue weighted by atomic mass is 10.2. The lowest BCUT2D eigenvalue weighted by Gasteiger charge is -2.19. The molecule has 8 heteroatoms. The molecule has 7 nitrogen and oxygen atoms in total. The van der Waals surface area contributed by atoms with Crippen molar-refractivity contribution in [2.45, 2.75) is 32.9 Å². The number of hydrogen-bond acceptors (Lipinski definition) is 5. The summed E-state index contributed by atoms with van der Waals surface area (Å²) in [5.74, 6) is 0.357. The standard InChI is InChI=1S/C11H19N3O4S/c1-11(2,3)18-10(15)13-9-5-6-12-14(9)7-8-19(4,16)17/h5-6H,7-8H2,1-4H3,(H,13,15). The molecule has 0 radical (unpaired) electrons. The predicted molar refractivity (Wildman–Crippen MR) is 71.8 cm³/mol. The van der Waals surface area contributed by atoms with E-state index in [4.69, 9.17) is 4.74 Å². The number of amides is 1. The second kappa shape index (κ2) is 5.60. The third-order valence-corrected chi connectivity index (χ3v) is 2.94. The molecule has 0 aliphatic carbocycles. The molecule has 108 valence electrons. The molecule has 1 amide bonds. The molecule has 0 saturated heterocycles. The van der Waals surface area contributed by atoms with Crippen molar-refractivity contribution in [3.05, 3.63) is 12.3 Å². The minimum Gasteiger partial charge on any atom is -0.444 e. The van der Waals surface area contributed by atoms with Crippen LogP contribution >= 0.6 is 0 Å². The van der Waals surface area contributed by atoms with Crippen LogP contribution in [0.3, 0.4) is 0 Å². The molecule has 1 aromatic heterocycles. The third-order valence-electron chi connectivity index (χ3n) is 2.02. The maximum Gasteiger partial charge on any atom is 0.413 e. The molecule has 1 aromatic rings. The Kier molecular flexibility index (Phi) is 4.56. The molecule has 0 bridgehead atoms. The molecule has 0 spiro atoms. The Labute approximate surface area is 112 Å². The fraction of sp³-hybridized carbons (Fsp3) is 0.636. The molecular formula is C11H19N3O4S. The van der Waals surface area contributed by atoms with Crippen molar-refractivity contribution >= 4 is 21.7 Å². The minimum absolute atomic E-state index is 0.0440. The second-order valence-corrected chi connectivity index (χ2v) is 7.46. The number of ether oxygens (including phenoxy) is 1. The number of aryl methyl sites for hydroxylation is 1. The summed E-state index contributed by atoms with van der Waals surface area (Å²) in [6.07, 6.45) is 2.03. The average Bonchev–Trinajstić information content (AvgIpc) is 2.57. The van der Waals surface area contributed by atoms with E-state index in [0.29, 0.717) is 5.82 Å². The van der Waals surface area contributed by atoms with Crippen LogP contribution in [0, 0.1) is 0 Å². The van der Waals surface area contributed by atoms with Crippen LogP contribution in [0.4, 0.5) is 10.6 Å². The van der Waals surface area contributed by atoms with E-state index in [1.807, 2.05) is 0 Å². The molecule has 0 saturated carbocycles. The number of nitrogens with zero attached hydrogens (tertiary/aromatic N) is 2. The van der Waals surface area contributed by atoms with Crippen molar-refractivity contribution in [2.75, 3.05) is 17.3 Å². The molecule has 1 rings (SSSR count). The van der Waals surface area contributed by atoms with E-state index < -0.39 is 21.5 Å². The van der Waals surface area contributed by atoms with Gasteiger partial charge < -0.3 is 4.74 Å². The second-order valence-electron chi connectivity index (χ2n) is 5.20. The van der Waals surface area contributed by atoms with E-state index in [0.717, 1.165) is 6.26 Å². The summed E-state index contributed by atoms with van der Waals surface area (Å²) >= 11 is 0. The van der Waals surface area contributed by atoms with Crippen LogP contribution in [0.15, 0.2) is 12.3 Å². The summed E-state index contributed by atoms with van der Waals surface area (Å²) in [4.78, 5) is 11.6. The van der Waals surface area contributed by atoms with Crippen molar-refractivity contribution in [1.82, 2.24) is 9.78 Å². The Bertz CT molecular complexity index is 543. The van der Waals surface area contributed by atoms with Crippen LogP contribution in [0.2, 0.25) is 0 Å². The van der Waals surface area contributed by atoms with Gasteiger partial charge >= 0.3 is 6.09 Å². The number of nitrogens with one attached hydrogen (secondary N) is 1. The van der Waals surface area contributed by atoms with Crippen LogP contribution in [-0.4, -0.2) is 41.9 Å². The van der Waals surface area contributed by atoms with Gasteiger partial charge in [0.2, 0.25) is 0 Å². The van der Waals surface area contributed by atoms with E-state index in [2.05, 4.69) is 10.4 Å². The predicted octanol–water partition coefficient (Wildman–Crippen LogP) is 1.27. The molecular weight excluding hydrogens is 270 g/mol. The molecule has 1 heterocycles. The van der Waals surface area contributed by atoms with E-state index >= 15 is 0 Å². The van der Waals surface area contributed by atoms with E-state index in [-0.39, 0.29) is 12.3 Å². The summed E-state index contributed by atoms with van der Waals surface area (Å²) < 4.78 is 28.7. The first-order valence-corrected chi connectivity index (χ1v) is 7.82. The lowest BCUT2D eigenvalue weighted by molar-refractivity contribution is 0.0634. The number of aromatic nitrogens is 2. The number of rotatable bonds is 4. The zero-order chi connectivity index (χ0) is 14.7. The number of carbonyl (C=O) groups is 1. The minimum atomic E-state index is -3.08. The molecule has 0 aromatic carbocycles. The van der Waals surface area contributed by atoms with Gasteiger partial charge in [-0.25, -0.2) is 17.9 Å². The van der Waals surface area contributed by atoms with Crippen molar-refractivity contribution < 1.29 is 17.9 Å². The van der Waals surface area contributed by atoms with Crippen LogP contribution in [0.1, 0.15) is 20.8 Å². The van der Waals surface area contributed by atoms with Gasteiger partial charge in [0.1, 0.15) is 21.3 Å². The van der Waals surface area contributed by atoms with Gasteiger partial charge in [0.05, 0.1) is 18.5 Å².